The molecule has 3 heterocycles. The number of imidazole rings is 1. The van der Waals surface area contributed by atoms with Gasteiger partial charge >= 0.3 is 0 Å². The van der Waals surface area contributed by atoms with Crippen LogP contribution < -0.4 is 0 Å². The molecule has 0 fully saturated rings. The first kappa shape index (κ1) is 14.4. The van der Waals surface area contributed by atoms with E-state index < -0.39 is 0 Å². The lowest BCUT2D eigenvalue weighted by Gasteiger charge is -2.06. The van der Waals surface area contributed by atoms with Crippen LogP contribution >= 0.6 is 23.1 Å². The van der Waals surface area contributed by atoms with Crippen molar-refractivity contribution in [1.82, 2.24) is 19.9 Å². The summed E-state index contributed by atoms with van der Waals surface area (Å²) in [7, 11) is 0. The molecule has 0 bridgehead atoms. The molecule has 1 N–H and O–H groups in total. The van der Waals surface area contributed by atoms with Gasteiger partial charge in [0.1, 0.15) is 11.2 Å². The van der Waals surface area contributed by atoms with Gasteiger partial charge in [-0.1, -0.05) is 12.1 Å². The van der Waals surface area contributed by atoms with Crippen LogP contribution in [0.15, 0.2) is 47.6 Å². The Morgan fingerprint density at radius 3 is 2.83 bits per heavy atom. The van der Waals surface area contributed by atoms with Crippen molar-refractivity contribution in [2.45, 2.75) is 11.8 Å². The second-order valence-corrected chi connectivity index (χ2v) is 7.31. The monoisotopic (exact) mass is 338 g/mol. The van der Waals surface area contributed by atoms with Gasteiger partial charge in [-0.2, -0.15) is 0 Å². The fraction of sp³-hybridized carbons (Fsp3) is 0.118. The van der Waals surface area contributed by atoms with Crippen LogP contribution in [0.3, 0.4) is 0 Å². The van der Waals surface area contributed by atoms with Crippen LogP contribution in [0, 0.1) is 6.92 Å². The zero-order valence-corrected chi connectivity index (χ0v) is 14.3. The molecule has 3 aromatic heterocycles. The predicted molar refractivity (Wildman–Crippen MR) is 97.0 cm³/mol. The first-order valence-corrected chi connectivity index (χ1v) is 9.21. The number of benzene rings is 1. The summed E-state index contributed by atoms with van der Waals surface area (Å²) in [6.45, 7) is 2.09. The largest absolute Gasteiger partial charge is 0.341 e. The molecule has 0 unspecified atom stereocenters. The summed E-state index contributed by atoms with van der Waals surface area (Å²) in [6.07, 6.45) is 3.75. The molecule has 0 saturated carbocycles. The van der Waals surface area contributed by atoms with E-state index in [0.717, 1.165) is 27.5 Å². The van der Waals surface area contributed by atoms with Gasteiger partial charge in [0, 0.05) is 15.3 Å². The standard InChI is InChI=1S/C17H14N4S2/c1-10-6-7-13(23-10)16-20-14(15-17(21-16)19-9-18-15)11-4-3-5-12(8-11)22-2/h3-9H,1-2H3,(H,18,19,20,21). The Hall–Kier alpha value is -2.18. The van der Waals surface area contributed by atoms with Gasteiger partial charge in [0.25, 0.3) is 0 Å². The lowest BCUT2D eigenvalue weighted by Crippen LogP contribution is -1.93. The van der Waals surface area contributed by atoms with Crippen molar-refractivity contribution >= 4 is 34.3 Å². The van der Waals surface area contributed by atoms with Crippen LogP contribution in [0.4, 0.5) is 0 Å². The van der Waals surface area contributed by atoms with E-state index in [2.05, 4.69) is 64.5 Å². The SMILES string of the molecule is CSc1cccc(-c2nc(-c3ccc(C)s3)nc3nc[nH]c23)c1. The van der Waals surface area contributed by atoms with Crippen molar-refractivity contribution < 1.29 is 0 Å². The Bertz CT molecular complexity index is 987. The maximum absolute atomic E-state index is 4.82. The first-order valence-electron chi connectivity index (χ1n) is 7.17. The molecule has 0 saturated heterocycles. The van der Waals surface area contributed by atoms with Gasteiger partial charge < -0.3 is 4.98 Å². The molecule has 0 radical (unpaired) electrons. The number of aromatic nitrogens is 4. The normalized spacial score (nSPS) is 11.2. The van der Waals surface area contributed by atoms with E-state index in [1.807, 2.05) is 0 Å². The number of thiophene rings is 1. The predicted octanol–water partition coefficient (Wildman–Crippen LogP) is 4.78. The van der Waals surface area contributed by atoms with Crippen molar-refractivity contribution in [1.29, 1.82) is 0 Å². The lowest BCUT2D eigenvalue weighted by atomic mass is 10.1. The highest BCUT2D eigenvalue weighted by molar-refractivity contribution is 7.98. The fourth-order valence-corrected chi connectivity index (χ4v) is 3.74. The maximum Gasteiger partial charge on any atom is 0.181 e. The van der Waals surface area contributed by atoms with Crippen LogP contribution in [0.25, 0.3) is 33.1 Å². The Balaban J connectivity index is 1.95. The van der Waals surface area contributed by atoms with Gasteiger partial charge in [-0.3, -0.25) is 0 Å². The smallest absolute Gasteiger partial charge is 0.181 e. The first-order chi connectivity index (χ1) is 11.2. The molecule has 0 aliphatic rings. The van der Waals surface area contributed by atoms with Crippen LogP contribution in [0.2, 0.25) is 0 Å². The highest BCUT2D eigenvalue weighted by Crippen LogP contribution is 2.31. The molecule has 0 amide bonds. The van der Waals surface area contributed by atoms with Gasteiger partial charge in [0.15, 0.2) is 11.5 Å². The maximum atomic E-state index is 4.82. The summed E-state index contributed by atoms with van der Waals surface area (Å²) in [5.41, 5.74) is 3.54. The Morgan fingerprint density at radius 2 is 2.04 bits per heavy atom. The zero-order valence-electron chi connectivity index (χ0n) is 12.7. The molecule has 0 aliphatic carbocycles. The molecule has 114 valence electrons. The average molecular weight is 338 g/mol. The number of aryl methyl sites for hydroxylation is 1. The number of H-pyrrole nitrogens is 1. The molecule has 0 aliphatic heterocycles. The summed E-state index contributed by atoms with van der Waals surface area (Å²) < 4.78 is 0. The van der Waals surface area contributed by atoms with Gasteiger partial charge in [0.05, 0.1) is 11.2 Å². The molecule has 0 atom stereocenters. The number of fused-ring (bicyclic) bond motifs is 1. The minimum atomic E-state index is 0.700. The minimum absolute atomic E-state index is 0.700. The highest BCUT2D eigenvalue weighted by atomic mass is 32.2. The van der Waals surface area contributed by atoms with Crippen molar-refractivity contribution in [3.63, 3.8) is 0 Å². The Labute approximate surface area is 142 Å². The number of thioether (sulfide) groups is 1. The molecule has 1 aromatic carbocycles. The number of hydrogen-bond acceptors (Lipinski definition) is 5. The van der Waals surface area contributed by atoms with Crippen LogP contribution in [0.5, 0.6) is 0 Å². The topological polar surface area (TPSA) is 54.5 Å². The van der Waals surface area contributed by atoms with Crippen molar-refractivity contribution in [2.24, 2.45) is 0 Å². The second-order valence-electron chi connectivity index (χ2n) is 5.14. The van der Waals surface area contributed by atoms with Crippen molar-refractivity contribution in [3.05, 3.63) is 47.6 Å². The third-order valence-electron chi connectivity index (χ3n) is 3.59. The van der Waals surface area contributed by atoms with E-state index >= 15 is 0 Å². The Kier molecular flexibility index (Phi) is 3.63. The summed E-state index contributed by atoms with van der Waals surface area (Å²) >= 11 is 3.42. The van der Waals surface area contributed by atoms with Crippen LogP contribution in [-0.2, 0) is 0 Å². The average Bonchev–Trinajstić information content (AvgIpc) is 3.22. The van der Waals surface area contributed by atoms with E-state index in [0.29, 0.717) is 5.65 Å². The van der Waals surface area contributed by atoms with Gasteiger partial charge in [-0.15, -0.1) is 23.1 Å². The van der Waals surface area contributed by atoms with E-state index in [1.165, 1.54) is 9.77 Å². The van der Waals surface area contributed by atoms with Gasteiger partial charge in [-0.25, -0.2) is 15.0 Å². The number of nitrogens with zero attached hydrogens (tertiary/aromatic N) is 3. The summed E-state index contributed by atoms with van der Waals surface area (Å²) in [5.74, 6) is 0.729. The molecule has 6 heteroatoms. The summed E-state index contributed by atoms with van der Waals surface area (Å²) in [5, 5.41) is 0. The van der Waals surface area contributed by atoms with Crippen LogP contribution in [0.1, 0.15) is 4.88 Å². The number of aromatic amines is 1. The number of hydrogen-bond donors (Lipinski definition) is 1. The number of rotatable bonds is 3. The third kappa shape index (κ3) is 2.64. The van der Waals surface area contributed by atoms with E-state index in [9.17, 15) is 0 Å². The highest BCUT2D eigenvalue weighted by Gasteiger charge is 2.14. The molecule has 23 heavy (non-hydrogen) atoms. The number of nitrogens with one attached hydrogen (secondary N) is 1. The molecule has 4 aromatic rings. The molecular weight excluding hydrogens is 324 g/mol. The lowest BCUT2D eigenvalue weighted by molar-refractivity contribution is 1.22. The van der Waals surface area contributed by atoms with E-state index in [-0.39, 0.29) is 0 Å². The third-order valence-corrected chi connectivity index (χ3v) is 5.31. The summed E-state index contributed by atoms with van der Waals surface area (Å²) in [4.78, 5) is 20.4. The minimum Gasteiger partial charge on any atom is -0.341 e. The second kappa shape index (κ2) is 5.79. The zero-order chi connectivity index (χ0) is 15.8. The quantitative estimate of drug-likeness (QED) is 0.546. The molecule has 4 nitrogen and oxygen atoms in total. The van der Waals surface area contributed by atoms with Crippen molar-refractivity contribution in [3.8, 4) is 22.0 Å². The van der Waals surface area contributed by atoms with E-state index in [1.54, 1.807) is 29.4 Å². The summed E-state index contributed by atoms with van der Waals surface area (Å²) in [6, 6.07) is 12.5. The van der Waals surface area contributed by atoms with Gasteiger partial charge in [0.2, 0.25) is 0 Å². The van der Waals surface area contributed by atoms with Gasteiger partial charge in [-0.05, 0) is 37.4 Å². The van der Waals surface area contributed by atoms with E-state index in [4.69, 9.17) is 4.98 Å². The molecule has 0 spiro atoms. The fourth-order valence-electron chi connectivity index (χ4n) is 2.48. The Morgan fingerprint density at radius 1 is 1.13 bits per heavy atom. The van der Waals surface area contributed by atoms with Crippen molar-refractivity contribution in [2.75, 3.05) is 6.26 Å². The molecule has 4 rings (SSSR count). The molecular formula is C17H14N4S2. The van der Waals surface area contributed by atoms with Crippen LogP contribution in [-0.4, -0.2) is 26.2 Å².